The molecule has 21 heavy (non-hydrogen) atoms. The molecule has 0 aliphatic carbocycles. The minimum Gasteiger partial charge on any atom is -0.496 e. The number of hydrogen-bond acceptors (Lipinski definition) is 3. The molecule has 0 bridgehead atoms. The Morgan fingerprint density at radius 1 is 1.29 bits per heavy atom. The largest absolute Gasteiger partial charge is 0.496 e. The van der Waals surface area contributed by atoms with Gasteiger partial charge in [0.2, 0.25) is 0 Å². The van der Waals surface area contributed by atoms with Crippen molar-refractivity contribution in [3.63, 3.8) is 0 Å². The first-order valence-electron chi connectivity index (χ1n) is 7.19. The second kappa shape index (κ2) is 7.05. The lowest BCUT2D eigenvalue weighted by Gasteiger charge is -2.21. The number of thiophene rings is 1. The summed E-state index contributed by atoms with van der Waals surface area (Å²) in [7, 11) is 1.65. The van der Waals surface area contributed by atoms with Gasteiger partial charge >= 0.3 is 0 Å². The molecular formula is C17H22FNOS. The van der Waals surface area contributed by atoms with Gasteiger partial charge in [0.15, 0.2) is 0 Å². The van der Waals surface area contributed by atoms with Crippen molar-refractivity contribution in [2.75, 3.05) is 13.7 Å². The number of nitrogens with one attached hydrogen (secondary N) is 1. The predicted octanol–water partition coefficient (Wildman–Crippen LogP) is 4.60. The zero-order valence-corrected chi connectivity index (χ0v) is 13.8. The van der Waals surface area contributed by atoms with Crippen molar-refractivity contribution in [1.29, 1.82) is 0 Å². The molecule has 1 unspecified atom stereocenters. The Balaban J connectivity index is 2.45. The van der Waals surface area contributed by atoms with E-state index >= 15 is 0 Å². The third-order valence-electron chi connectivity index (χ3n) is 3.48. The molecule has 0 spiro atoms. The molecule has 0 amide bonds. The monoisotopic (exact) mass is 307 g/mol. The van der Waals surface area contributed by atoms with E-state index in [2.05, 4.69) is 12.2 Å². The highest BCUT2D eigenvalue weighted by molar-refractivity contribution is 7.10. The summed E-state index contributed by atoms with van der Waals surface area (Å²) in [5, 5.41) is 5.41. The van der Waals surface area contributed by atoms with Crippen LogP contribution >= 0.6 is 11.3 Å². The molecule has 0 radical (unpaired) electrons. The van der Waals surface area contributed by atoms with E-state index in [9.17, 15) is 4.39 Å². The fourth-order valence-corrected chi connectivity index (χ4v) is 3.46. The maximum Gasteiger partial charge on any atom is 0.129 e. The van der Waals surface area contributed by atoms with Crippen molar-refractivity contribution in [3.05, 3.63) is 51.0 Å². The number of aryl methyl sites for hydroxylation is 2. The molecule has 1 heterocycles. The third kappa shape index (κ3) is 3.63. The number of hydrogen-bond donors (Lipinski definition) is 1. The highest BCUT2D eigenvalue weighted by atomic mass is 32.1. The van der Waals surface area contributed by atoms with Gasteiger partial charge in [0.25, 0.3) is 0 Å². The summed E-state index contributed by atoms with van der Waals surface area (Å²) < 4.78 is 19.8. The summed E-state index contributed by atoms with van der Waals surface area (Å²) in [5.41, 5.74) is 2.67. The average Bonchev–Trinajstić information content (AvgIpc) is 2.90. The van der Waals surface area contributed by atoms with Crippen LogP contribution in [0, 0.1) is 19.7 Å². The fraction of sp³-hybridized carbons (Fsp3) is 0.412. The van der Waals surface area contributed by atoms with Gasteiger partial charge in [-0.05, 0) is 50.1 Å². The Hall–Kier alpha value is -1.39. The number of methoxy groups -OCH3 is 1. The topological polar surface area (TPSA) is 21.3 Å². The average molecular weight is 307 g/mol. The molecule has 2 aromatic rings. The molecule has 2 rings (SSSR count). The van der Waals surface area contributed by atoms with Crippen molar-refractivity contribution in [2.45, 2.75) is 33.2 Å². The van der Waals surface area contributed by atoms with Gasteiger partial charge in [-0.1, -0.05) is 13.0 Å². The van der Waals surface area contributed by atoms with Crippen LogP contribution in [-0.2, 0) is 0 Å². The summed E-state index contributed by atoms with van der Waals surface area (Å²) >= 11 is 1.59. The number of halogens is 1. The number of rotatable bonds is 6. The van der Waals surface area contributed by atoms with Crippen LogP contribution in [0.3, 0.4) is 0 Å². The number of ether oxygens (including phenoxy) is 1. The van der Waals surface area contributed by atoms with Crippen molar-refractivity contribution in [2.24, 2.45) is 0 Å². The van der Waals surface area contributed by atoms with Crippen LogP contribution in [0.15, 0.2) is 23.6 Å². The molecule has 0 saturated carbocycles. The van der Waals surface area contributed by atoms with Gasteiger partial charge in [0.1, 0.15) is 11.6 Å². The molecule has 1 N–H and O–H groups in total. The van der Waals surface area contributed by atoms with E-state index in [1.165, 1.54) is 0 Å². The van der Waals surface area contributed by atoms with Crippen LogP contribution in [0.25, 0.3) is 0 Å². The zero-order chi connectivity index (χ0) is 15.4. The second-order valence-electron chi connectivity index (χ2n) is 5.25. The van der Waals surface area contributed by atoms with E-state index in [0.717, 1.165) is 40.3 Å². The molecular weight excluding hydrogens is 285 g/mol. The molecule has 0 saturated heterocycles. The van der Waals surface area contributed by atoms with Gasteiger partial charge in [-0.25, -0.2) is 4.39 Å². The van der Waals surface area contributed by atoms with Crippen LogP contribution in [0.2, 0.25) is 0 Å². The van der Waals surface area contributed by atoms with Crippen molar-refractivity contribution >= 4 is 11.3 Å². The van der Waals surface area contributed by atoms with Gasteiger partial charge in [-0.2, -0.15) is 0 Å². The molecule has 0 aliphatic rings. The van der Waals surface area contributed by atoms with Gasteiger partial charge in [-0.15, -0.1) is 11.3 Å². The Morgan fingerprint density at radius 3 is 2.62 bits per heavy atom. The standard InChI is InChI=1S/C17H22FNOS/c1-5-6-19-17(15-9-13(20-4)10-21-15)16-12(3)7-11(2)8-14(16)18/h7-10,17,19H,5-6H2,1-4H3. The molecule has 0 aliphatic heterocycles. The predicted molar refractivity (Wildman–Crippen MR) is 86.9 cm³/mol. The number of benzene rings is 1. The Morgan fingerprint density at radius 2 is 2.05 bits per heavy atom. The summed E-state index contributed by atoms with van der Waals surface area (Å²) in [6.07, 6.45) is 1.01. The Bertz CT molecular complexity index is 586. The smallest absolute Gasteiger partial charge is 0.129 e. The molecule has 1 aromatic heterocycles. The van der Waals surface area contributed by atoms with Crippen molar-refractivity contribution < 1.29 is 9.13 Å². The minimum atomic E-state index is -0.145. The first-order chi connectivity index (χ1) is 10.1. The maximum absolute atomic E-state index is 14.5. The van der Waals surface area contributed by atoms with E-state index in [0.29, 0.717) is 0 Å². The van der Waals surface area contributed by atoms with E-state index in [1.807, 2.05) is 31.4 Å². The maximum atomic E-state index is 14.5. The van der Waals surface area contributed by atoms with E-state index in [-0.39, 0.29) is 11.9 Å². The molecule has 114 valence electrons. The molecule has 4 heteroatoms. The molecule has 2 nitrogen and oxygen atoms in total. The SMILES string of the molecule is CCCNC(c1cc(OC)cs1)c1c(C)cc(C)cc1F. The van der Waals surface area contributed by atoms with Gasteiger partial charge in [0, 0.05) is 15.8 Å². The Labute approximate surface area is 130 Å². The summed E-state index contributed by atoms with van der Waals surface area (Å²) in [6.45, 7) is 6.84. The zero-order valence-electron chi connectivity index (χ0n) is 13.0. The highest BCUT2D eigenvalue weighted by Crippen LogP contribution is 2.34. The van der Waals surface area contributed by atoms with E-state index in [1.54, 1.807) is 24.5 Å². The first-order valence-corrected chi connectivity index (χ1v) is 8.07. The third-order valence-corrected chi connectivity index (χ3v) is 4.46. The molecule has 0 fully saturated rings. The van der Waals surface area contributed by atoms with Crippen molar-refractivity contribution in [1.82, 2.24) is 5.32 Å². The van der Waals surface area contributed by atoms with Crippen LogP contribution < -0.4 is 10.1 Å². The quantitative estimate of drug-likeness (QED) is 0.842. The van der Waals surface area contributed by atoms with Gasteiger partial charge < -0.3 is 10.1 Å². The van der Waals surface area contributed by atoms with Gasteiger partial charge in [-0.3, -0.25) is 0 Å². The van der Waals surface area contributed by atoms with Gasteiger partial charge in [0.05, 0.1) is 13.2 Å². The normalized spacial score (nSPS) is 12.4. The minimum absolute atomic E-state index is 0.126. The van der Waals surface area contributed by atoms with E-state index < -0.39 is 0 Å². The summed E-state index contributed by atoms with van der Waals surface area (Å²) in [4.78, 5) is 1.08. The van der Waals surface area contributed by atoms with Crippen LogP contribution in [-0.4, -0.2) is 13.7 Å². The highest BCUT2D eigenvalue weighted by Gasteiger charge is 2.21. The Kier molecular flexibility index (Phi) is 5.37. The second-order valence-corrected chi connectivity index (χ2v) is 6.20. The summed E-state index contributed by atoms with van der Waals surface area (Å²) in [6, 6.07) is 5.49. The van der Waals surface area contributed by atoms with Crippen LogP contribution in [0.4, 0.5) is 4.39 Å². The van der Waals surface area contributed by atoms with Crippen molar-refractivity contribution in [3.8, 4) is 5.75 Å². The van der Waals surface area contributed by atoms with E-state index in [4.69, 9.17) is 4.74 Å². The lowest BCUT2D eigenvalue weighted by molar-refractivity contribution is 0.416. The lowest BCUT2D eigenvalue weighted by atomic mass is 9.97. The molecule has 1 atom stereocenters. The first kappa shape index (κ1) is 16.0. The molecule has 1 aromatic carbocycles. The fourth-order valence-electron chi connectivity index (χ4n) is 2.52. The van der Waals surface area contributed by atoms with Crippen LogP contribution in [0.5, 0.6) is 5.75 Å². The lowest BCUT2D eigenvalue weighted by Crippen LogP contribution is -2.24. The van der Waals surface area contributed by atoms with Crippen LogP contribution in [0.1, 0.15) is 41.0 Å². The summed E-state index contributed by atoms with van der Waals surface area (Å²) in [5.74, 6) is 0.678.